The van der Waals surface area contributed by atoms with Crippen molar-refractivity contribution in [2.24, 2.45) is 5.92 Å². The van der Waals surface area contributed by atoms with E-state index in [1.165, 1.54) is 5.56 Å². The summed E-state index contributed by atoms with van der Waals surface area (Å²) < 4.78 is 36.3. The first-order valence-corrected chi connectivity index (χ1v) is 11.2. The quantitative estimate of drug-likeness (QED) is 0.374. The summed E-state index contributed by atoms with van der Waals surface area (Å²) in [5.41, 5.74) is 6.56. The van der Waals surface area contributed by atoms with Crippen LogP contribution in [0.1, 0.15) is 39.4 Å². The van der Waals surface area contributed by atoms with Gasteiger partial charge in [-0.05, 0) is 64.9 Å². The number of aromatic nitrogens is 2. The number of carbonyl (C=O) groups excluding carboxylic acids is 1. The normalized spacial score (nSPS) is 16.6. The van der Waals surface area contributed by atoms with Crippen molar-refractivity contribution < 1.29 is 22.7 Å². The molecule has 1 aliphatic carbocycles. The maximum Gasteiger partial charge on any atom is 0.314 e. The van der Waals surface area contributed by atoms with Gasteiger partial charge in [-0.1, -0.05) is 36.4 Å². The molecule has 0 radical (unpaired) electrons. The summed E-state index contributed by atoms with van der Waals surface area (Å²) in [6.07, 6.45) is -0.682. The van der Waals surface area contributed by atoms with Gasteiger partial charge in [0.25, 0.3) is 5.89 Å². The van der Waals surface area contributed by atoms with Crippen LogP contribution in [0.25, 0.3) is 22.6 Å². The summed E-state index contributed by atoms with van der Waals surface area (Å²) in [6, 6.07) is 19.7. The topological polar surface area (TPSA) is 65.2 Å². The van der Waals surface area contributed by atoms with E-state index in [0.717, 1.165) is 34.4 Å². The summed E-state index contributed by atoms with van der Waals surface area (Å²) in [5, 5.41) is 7.07. The van der Waals surface area contributed by atoms with E-state index in [1.807, 2.05) is 24.3 Å². The Morgan fingerprint density at radius 1 is 0.941 bits per heavy atom. The molecule has 34 heavy (non-hydrogen) atoms. The van der Waals surface area contributed by atoms with Gasteiger partial charge in [-0.25, -0.2) is 0 Å². The smallest absolute Gasteiger partial charge is 0.314 e. The molecule has 170 valence electrons. The Morgan fingerprint density at radius 3 is 2.65 bits per heavy atom. The molecule has 7 heteroatoms. The molecule has 0 fully saturated rings. The van der Waals surface area contributed by atoms with E-state index in [9.17, 15) is 13.6 Å². The number of ketones is 1. The number of hydrogen-bond donors (Lipinski definition) is 0. The molecule has 0 saturated carbocycles. The molecule has 6 rings (SSSR count). The minimum absolute atomic E-state index is 0.0136. The Labute approximate surface area is 194 Å². The molecule has 1 unspecified atom stereocenters. The highest BCUT2D eigenvalue weighted by Gasteiger charge is 2.32. The largest absolute Gasteiger partial charge is 0.493 e. The van der Waals surface area contributed by atoms with E-state index in [0.29, 0.717) is 30.6 Å². The summed E-state index contributed by atoms with van der Waals surface area (Å²) in [7, 11) is 0. The van der Waals surface area contributed by atoms with E-state index in [1.54, 1.807) is 12.1 Å². The van der Waals surface area contributed by atoms with Crippen molar-refractivity contribution in [2.75, 3.05) is 6.61 Å². The third-order valence-electron chi connectivity index (χ3n) is 6.57. The van der Waals surface area contributed by atoms with Crippen LogP contribution in [0.3, 0.4) is 0 Å². The van der Waals surface area contributed by atoms with Gasteiger partial charge in [0.15, 0.2) is 5.78 Å². The molecule has 0 bridgehead atoms. The van der Waals surface area contributed by atoms with Crippen LogP contribution in [0, 0.1) is 5.92 Å². The highest BCUT2D eigenvalue weighted by molar-refractivity contribution is 6.03. The highest BCUT2D eigenvalue weighted by atomic mass is 19.3. The molecule has 0 saturated heterocycles. The number of rotatable bonds is 5. The van der Waals surface area contributed by atoms with E-state index in [4.69, 9.17) is 9.15 Å². The summed E-state index contributed by atoms with van der Waals surface area (Å²) in [4.78, 5) is 13.3. The first-order chi connectivity index (χ1) is 16.6. The van der Waals surface area contributed by atoms with Gasteiger partial charge in [0, 0.05) is 23.5 Å². The van der Waals surface area contributed by atoms with Crippen LogP contribution < -0.4 is 4.74 Å². The second-order valence-electron chi connectivity index (χ2n) is 8.67. The summed E-state index contributed by atoms with van der Waals surface area (Å²) in [6.45, 7) is 0.713. The van der Waals surface area contributed by atoms with Crippen molar-refractivity contribution in [3.8, 4) is 28.3 Å². The lowest BCUT2D eigenvalue weighted by Crippen LogP contribution is -2.12. The average Bonchev–Trinajstić information content (AvgIpc) is 3.58. The zero-order valence-corrected chi connectivity index (χ0v) is 18.1. The van der Waals surface area contributed by atoms with Gasteiger partial charge >= 0.3 is 6.43 Å². The fourth-order valence-corrected chi connectivity index (χ4v) is 4.90. The molecule has 2 heterocycles. The SMILES string of the molecule is O=C1c2cc(-c3nnc(C(F)F)o3)ccc2CC1Cc1ccccc1-c1ccc2c(c1)CCO2. The van der Waals surface area contributed by atoms with Gasteiger partial charge in [-0.2, -0.15) is 8.78 Å². The molecule has 2 aliphatic rings. The number of alkyl halides is 2. The molecule has 3 aromatic carbocycles. The van der Waals surface area contributed by atoms with Crippen LogP contribution >= 0.6 is 0 Å². The molecule has 0 amide bonds. The lowest BCUT2D eigenvalue weighted by atomic mass is 9.89. The maximum atomic E-state index is 13.3. The van der Waals surface area contributed by atoms with Crippen molar-refractivity contribution in [3.63, 3.8) is 0 Å². The third-order valence-corrected chi connectivity index (χ3v) is 6.57. The predicted octanol–water partition coefficient (Wildman–Crippen LogP) is 5.87. The number of halogens is 2. The van der Waals surface area contributed by atoms with Crippen LogP contribution in [0.2, 0.25) is 0 Å². The maximum absolute atomic E-state index is 13.3. The van der Waals surface area contributed by atoms with Gasteiger partial charge in [-0.15, -0.1) is 10.2 Å². The lowest BCUT2D eigenvalue weighted by Gasteiger charge is -2.14. The molecule has 4 aromatic rings. The van der Waals surface area contributed by atoms with Gasteiger partial charge in [0.2, 0.25) is 5.89 Å². The molecule has 5 nitrogen and oxygen atoms in total. The van der Waals surface area contributed by atoms with E-state index >= 15 is 0 Å². The summed E-state index contributed by atoms with van der Waals surface area (Å²) in [5.74, 6) is 0.0566. The monoisotopic (exact) mass is 458 g/mol. The van der Waals surface area contributed by atoms with Gasteiger partial charge in [-0.3, -0.25) is 4.79 Å². The highest BCUT2D eigenvalue weighted by Crippen LogP contribution is 2.36. The van der Waals surface area contributed by atoms with E-state index in [-0.39, 0.29) is 17.6 Å². The van der Waals surface area contributed by atoms with Crippen molar-refractivity contribution >= 4 is 5.78 Å². The second-order valence-corrected chi connectivity index (χ2v) is 8.67. The van der Waals surface area contributed by atoms with Crippen LogP contribution in [0.15, 0.2) is 65.1 Å². The molecule has 0 spiro atoms. The number of ether oxygens (including phenoxy) is 1. The Hall–Kier alpha value is -3.87. The van der Waals surface area contributed by atoms with Gasteiger partial charge < -0.3 is 9.15 Å². The number of Topliss-reactive ketones (excluding diaryl/α,β-unsaturated/α-hetero) is 1. The molecule has 0 N–H and O–H groups in total. The van der Waals surface area contributed by atoms with E-state index < -0.39 is 12.3 Å². The first kappa shape index (κ1) is 20.7. The van der Waals surface area contributed by atoms with Crippen LogP contribution in [0.4, 0.5) is 8.78 Å². The van der Waals surface area contributed by atoms with Crippen LogP contribution in [0.5, 0.6) is 5.75 Å². The Kier molecular flexibility index (Phi) is 4.98. The third kappa shape index (κ3) is 3.57. The molecule has 1 atom stereocenters. The standard InChI is InChI=1S/C27H20F2N2O3/c28-25(29)27-31-30-26(34-27)19-6-5-17-13-20(24(32)22(17)14-19)12-15-3-1-2-4-21(15)16-7-8-23-18(11-16)9-10-33-23/h1-8,11,14,20,25H,9-10,12-13H2. The number of nitrogens with zero attached hydrogens (tertiary/aromatic N) is 2. The fraction of sp³-hybridized carbons (Fsp3) is 0.222. The molecule has 1 aromatic heterocycles. The van der Waals surface area contributed by atoms with Crippen LogP contribution in [-0.2, 0) is 19.3 Å². The molecule has 1 aliphatic heterocycles. The van der Waals surface area contributed by atoms with Crippen molar-refractivity contribution in [2.45, 2.75) is 25.7 Å². The minimum atomic E-state index is -2.83. The van der Waals surface area contributed by atoms with Gasteiger partial charge in [0.1, 0.15) is 5.75 Å². The van der Waals surface area contributed by atoms with Crippen molar-refractivity contribution in [1.29, 1.82) is 0 Å². The lowest BCUT2D eigenvalue weighted by molar-refractivity contribution is 0.0936. The number of fused-ring (bicyclic) bond motifs is 2. The fourth-order valence-electron chi connectivity index (χ4n) is 4.90. The second kappa shape index (κ2) is 8.17. The van der Waals surface area contributed by atoms with E-state index in [2.05, 4.69) is 34.5 Å². The number of carbonyl (C=O) groups is 1. The first-order valence-electron chi connectivity index (χ1n) is 11.2. The zero-order chi connectivity index (χ0) is 23.2. The Bertz CT molecular complexity index is 1410. The summed E-state index contributed by atoms with van der Waals surface area (Å²) >= 11 is 0. The molecular weight excluding hydrogens is 438 g/mol. The number of benzene rings is 3. The van der Waals surface area contributed by atoms with Crippen LogP contribution in [-0.4, -0.2) is 22.6 Å². The predicted molar refractivity (Wildman–Crippen MR) is 121 cm³/mol. The Balaban J connectivity index is 1.27. The van der Waals surface area contributed by atoms with Gasteiger partial charge in [0.05, 0.1) is 6.61 Å². The minimum Gasteiger partial charge on any atom is -0.493 e. The zero-order valence-electron chi connectivity index (χ0n) is 18.1. The Morgan fingerprint density at radius 2 is 1.79 bits per heavy atom. The number of hydrogen-bond acceptors (Lipinski definition) is 5. The average molecular weight is 458 g/mol. The van der Waals surface area contributed by atoms with Crippen molar-refractivity contribution in [1.82, 2.24) is 10.2 Å². The van der Waals surface area contributed by atoms with Crippen molar-refractivity contribution in [3.05, 3.63) is 88.8 Å². The molecular formula is C27H20F2N2O3.